The second-order valence-electron chi connectivity index (χ2n) is 5.63. The minimum absolute atomic E-state index is 0.0831. The van der Waals surface area contributed by atoms with Gasteiger partial charge in [-0.15, -0.1) is 0 Å². The number of hydrogen-bond acceptors (Lipinski definition) is 2. The lowest BCUT2D eigenvalue weighted by atomic mass is 9.88. The molecule has 84 valence electrons. The maximum absolute atomic E-state index is 9.61. The standard InChI is InChI=1S/C12H25NO/c1-10(2)5-7-13-8-6-11(14)9-12(13,3)4/h10-11,14H,5-9H2,1-4H3. The minimum Gasteiger partial charge on any atom is -0.393 e. The van der Waals surface area contributed by atoms with Crippen molar-refractivity contribution < 1.29 is 5.11 Å². The minimum atomic E-state index is -0.0831. The van der Waals surface area contributed by atoms with Gasteiger partial charge in [0.15, 0.2) is 0 Å². The van der Waals surface area contributed by atoms with Gasteiger partial charge in [-0.1, -0.05) is 13.8 Å². The van der Waals surface area contributed by atoms with Crippen LogP contribution in [0.5, 0.6) is 0 Å². The third kappa shape index (κ3) is 3.25. The maximum Gasteiger partial charge on any atom is 0.0569 e. The van der Waals surface area contributed by atoms with Gasteiger partial charge < -0.3 is 5.11 Å². The molecule has 0 aliphatic carbocycles. The van der Waals surface area contributed by atoms with Gasteiger partial charge >= 0.3 is 0 Å². The molecule has 0 saturated carbocycles. The van der Waals surface area contributed by atoms with E-state index in [4.69, 9.17) is 0 Å². The van der Waals surface area contributed by atoms with Crippen molar-refractivity contribution in [2.45, 2.75) is 58.6 Å². The molecule has 1 heterocycles. The molecule has 0 radical (unpaired) electrons. The summed E-state index contributed by atoms with van der Waals surface area (Å²) in [6, 6.07) is 0. The van der Waals surface area contributed by atoms with Gasteiger partial charge in [-0.3, -0.25) is 4.90 Å². The summed E-state index contributed by atoms with van der Waals surface area (Å²) in [5.74, 6) is 0.776. The van der Waals surface area contributed by atoms with Crippen molar-refractivity contribution in [3.05, 3.63) is 0 Å². The Labute approximate surface area is 88.3 Å². The number of rotatable bonds is 3. The molecule has 1 aliphatic rings. The molecule has 0 aromatic rings. The Bertz CT molecular complexity index is 177. The normalized spacial score (nSPS) is 28.3. The van der Waals surface area contributed by atoms with Crippen LogP contribution in [0.3, 0.4) is 0 Å². The molecular weight excluding hydrogens is 174 g/mol. The van der Waals surface area contributed by atoms with Crippen molar-refractivity contribution in [3.8, 4) is 0 Å². The number of aliphatic hydroxyl groups excluding tert-OH is 1. The van der Waals surface area contributed by atoms with Crippen molar-refractivity contribution in [2.75, 3.05) is 13.1 Å². The number of aliphatic hydroxyl groups is 1. The molecule has 1 saturated heterocycles. The van der Waals surface area contributed by atoms with Gasteiger partial charge in [-0.05, 0) is 45.6 Å². The van der Waals surface area contributed by atoms with E-state index < -0.39 is 0 Å². The molecule has 0 bridgehead atoms. The van der Waals surface area contributed by atoms with Crippen molar-refractivity contribution in [3.63, 3.8) is 0 Å². The van der Waals surface area contributed by atoms with Gasteiger partial charge in [0.1, 0.15) is 0 Å². The highest BCUT2D eigenvalue weighted by atomic mass is 16.3. The Morgan fingerprint density at radius 3 is 2.57 bits per heavy atom. The van der Waals surface area contributed by atoms with Crippen molar-refractivity contribution in [2.24, 2.45) is 5.92 Å². The molecule has 0 aromatic carbocycles. The average Bonchev–Trinajstić information content (AvgIpc) is 2.00. The lowest BCUT2D eigenvalue weighted by Gasteiger charge is -2.44. The maximum atomic E-state index is 9.61. The quantitative estimate of drug-likeness (QED) is 0.753. The average molecular weight is 199 g/mol. The van der Waals surface area contributed by atoms with Crippen LogP contribution in [0.1, 0.15) is 47.0 Å². The Hall–Kier alpha value is -0.0800. The fraction of sp³-hybridized carbons (Fsp3) is 1.00. The van der Waals surface area contributed by atoms with Crippen LogP contribution in [0, 0.1) is 5.92 Å². The van der Waals surface area contributed by atoms with E-state index >= 15 is 0 Å². The van der Waals surface area contributed by atoms with Crippen LogP contribution < -0.4 is 0 Å². The summed E-state index contributed by atoms with van der Waals surface area (Å²) in [4.78, 5) is 2.53. The summed E-state index contributed by atoms with van der Waals surface area (Å²) in [6.07, 6.45) is 3.05. The molecule has 1 atom stereocenters. The molecule has 1 rings (SSSR count). The van der Waals surface area contributed by atoms with Crippen LogP contribution >= 0.6 is 0 Å². The topological polar surface area (TPSA) is 23.5 Å². The van der Waals surface area contributed by atoms with E-state index in [0.29, 0.717) is 0 Å². The van der Waals surface area contributed by atoms with E-state index in [1.54, 1.807) is 0 Å². The van der Waals surface area contributed by atoms with Crippen LogP contribution in [-0.2, 0) is 0 Å². The van der Waals surface area contributed by atoms with E-state index in [2.05, 4.69) is 32.6 Å². The molecule has 2 heteroatoms. The van der Waals surface area contributed by atoms with E-state index in [-0.39, 0.29) is 11.6 Å². The van der Waals surface area contributed by atoms with Crippen LogP contribution in [0.25, 0.3) is 0 Å². The monoisotopic (exact) mass is 199 g/mol. The molecule has 14 heavy (non-hydrogen) atoms. The lowest BCUT2D eigenvalue weighted by Crippen LogP contribution is -2.51. The van der Waals surface area contributed by atoms with E-state index in [1.807, 2.05) is 0 Å². The molecule has 1 aliphatic heterocycles. The van der Waals surface area contributed by atoms with Crippen LogP contribution in [-0.4, -0.2) is 34.7 Å². The van der Waals surface area contributed by atoms with Crippen LogP contribution in [0.2, 0.25) is 0 Å². The summed E-state index contributed by atoms with van der Waals surface area (Å²) in [5.41, 5.74) is 0.187. The first kappa shape index (κ1) is 12.0. The van der Waals surface area contributed by atoms with Crippen LogP contribution in [0.15, 0.2) is 0 Å². The number of nitrogens with zero attached hydrogens (tertiary/aromatic N) is 1. The van der Waals surface area contributed by atoms with Gasteiger partial charge in [0.05, 0.1) is 6.10 Å². The van der Waals surface area contributed by atoms with Gasteiger partial charge in [0.2, 0.25) is 0 Å². The summed E-state index contributed by atoms with van der Waals surface area (Å²) >= 11 is 0. The summed E-state index contributed by atoms with van der Waals surface area (Å²) in [7, 11) is 0. The Morgan fingerprint density at radius 2 is 2.07 bits per heavy atom. The summed E-state index contributed by atoms with van der Waals surface area (Å²) in [5, 5.41) is 9.61. The molecular formula is C12H25NO. The second kappa shape index (κ2) is 4.63. The Kier molecular flexibility index (Phi) is 3.96. The highest BCUT2D eigenvalue weighted by molar-refractivity contribution is 4.89. The molecule has 0 amide bonds. The SMILES string of the molecule is CC(C)CCN1CCC(O)CC1(C)C. The first-order valence-electron chi connectivity index (χ1n) is 5.85. The zero-order chi connectivity index (χ0) is 10.8. The summed E-state index contributed by atoms with van der Waals surface area (Å²) < 4.78 is 0. The molecule has 1 unspecified atom stereocenters. The summed E-state index contributed by atoms with van der Waals surface area (Å²) in [6.45, 7) is 11.3. The third-order valence-corrected chi connectivity index (χ3v) is 3.30. The number of likely N-dealkylation sites (tertiary alicyclic amines) is 1. The third-order valence-electron chi connectivity index (χ3n) is 3.30. The molecule has 1 N–H and O–H groups in total. The van der Waals surface area contributed by atoms with Crippen molar-refractivity contribution in [1.82, 2.24) is 4.90 Å². The number of piperidine rings is 1. The lowest BCUT2D eigenvalue weighted by molar-refractivity contribution is -0.00425. The largest absolute Gasteiger partial charge is 0.393 e. The van der Waals surface area contributed by atoms with Gasteiger partial charge in [0.25, 0.3) is 0 Å². The van der Waals surface area contributed by atoms with Gasteiger partial charge in [0, 0.05) is 12.1 Å². The van der Waals surface area contributed by atoms with E-state index in [9.17, 15) is 5.11 Å². The molecule has 1 fully saturated rings. The van der Waals surface area contributed by atoms with Gasteiger partial charge in [-0.25, -0.2) is 0 Å². The molecule has 0 aromatic heterocycles. The second-order valence-corrected chi connectivity index (χ2v) is 5.63. The highest BCUT2D eigenvalue weighted by Gasteiger charge is 2.33. The van der Waals surface area contributed by atoms with Crippen molar-refractivity contribution in [1.29, 1.82) is 0 Å². The number of hydrogen-bond donors (Lipinski definition) is 1. The first-order chi connectivity index (χ1) is 6.42. The first-order valence-corrected chi connectivity index (χ1v) is 5.85. The predicted molar refractivity (Wildman–Crippen MR) is 60.3 cm³/mol. The predicted octanol–water partition coefficient (Wildman–Crippen LogP) is 2.27. The zero-order valence-electron chi connectivity index (χ0n) is 10.1. The van der Waals surface area contributed by atoms with E-state index in [1.165, 1.54) is 13.0 Å². The fourth-order valence-corrected chi connectivity index (χ4v) is 2.24. The Morgan fingerprint density at radius 1 is 1.43 bits per heavy atom. The zero-order valence-corrected chi connectivity index (χ0v) is 10.1. The van der Waals surface area contributed by atoms with Crippen molar-refractivity contribution >= 4 is 0 Å². The van der Waals surface area contributed by atoms with E-state index in [0.717, 1.165) is 25.3 Å². The molecule has 2 nitrogen and oxygen atoms in total. The smallest absolute Gasteiger partial charge is 0.0569 e. The fourth-order valence-electron chi connectivity index (χ4n) is 2.24. The Balaban J connectivity index is 2.43. The molecule has 0 spiro atoms. The van der Waals surface area contributed by atoms with Gasteiger partial charge in [-0.2, -0.15) is 0 Å². The highest BCUT2D eigenvalue weighted by Crippen LogP contribution is 2.27. The van der Waals surface area contributed by atoms with Crippen LogP contribution in [0.4, 0.5) is 0 Å².